The summed E-state index contributed by atoms with van der Waals surface area (Å²) in [4.78, 5) is 77.9. The van der Waals surface area contributed by atoms with Gasteiger partial charge in [0, 0.05) is 0 Å². The molecule has 0 unspecified atom stereocenters. The van der Waals surface area contributed by atoms with Crippen molar-refractivity contribution in [3.63, 3.8) is 0 Å². The predicted octanol–water partition coefficient (Wildman–Crippen LogP) is 3.13. The molecule has 15 nitrogen and oxygen atoms in total. The van der Waals surface area contributed by atoms with Crippen molar-refractivity contribution in [2.24, 2.45) is 11.8 Å². The molecule has 15 heteroatoms. The summed E-state index contributed by atoms with van der Waals surface area (Å²) in [6, 6.07) is 14.3. The lowest BCUT2D eigenvalue weighted by atomic mass is 9.91. The van der Waals surface area contributed by atoms with Crippen LogP contribution in [0.15, 0.2) is 60.7 Å². The number of aliphatic hydroxyl groups excluding tert-OH is 1. The van der Waals surface area contributed by atoms with E-state index in [1.807, 2.05) is 60.7 Å². The van der Waals surface area contributed by atoms with Crippen molar-refractivity contribution in [1.29, 1.82) is 0 Å². The molecule has 0 bridgehead atoms. The van der Waals surface area contributed by atoms with E-state index in [0.29, 0.717) is 0 Å². The molecule has 0 spiro atoms. The van der Waals surface area contributed by atoms with E-state index in [9.17, 15) is 33.9 Å². The minimum Gasteiger partial charge on any atom is -0.444 e. The minimum absolute atomic E-state index is 0.161. The van der Waals surface area contributed by atoms with Gasteiger partial charge in [0.25, 0.3) is 0 Å². The van der Waals surface area contributed by atoms with Crippen LogP contribution in [-0.4, -0.2) is 95.5 Å². The first-order chi connectivity index (χ1) is 26.0. The SMILES string of the molecule is CC(C)[C@H](NC(=O)CNC(=O)OC(C)(C)C)C(=O)N[C@@H](Cc1ccccc1)C(O)[C@H](Cc1ccccc1)NC(=O)[C@@H](NC(=O)CNC(=O)OC(C)(C)C)C(C)C. The molecule has 0 heterocycles. The Morgan fingerprint density at radius 1 is 0.554 bits per heavy atom. The summed E-state index contributed by atoms with van der Waals surface area (Å²) in [5.74, 6) is -3.20. The number of nitrogens with one attached hydrogen (secondary N) is 6. The van der Waals surface area contributed by atoms with Crippen LogP contribution in [0, 0.1) is 11.8 Å². The molecule has 2 aromatic carbocycles. The van der Waals surface area contributed by atoms with Crippen LogP contribution in [0.25, 0.3) is 0 Å². The molecule has 0 aliphatic heterocycles. The normalized spacial score (nSPS) is 13.8. The third-order valence-electron chi connectivity index (χ3n) is 8.19. The second-order valence-corrected chi connectivity index (χ2v) is 16.4. The molecule has 2 rings (SSSR count). The molecule has 6 amide bonds. The summed E-state index contributed by atoms with van der Waals surface area (Å²) in [6.45, 7) is 16.3. The third-order valence-corrected chi connectivity index (χ3v) is 8.19. The molecule has 2 aromatic rings. The van der Waals surface area contributed by atoms with Gasteiger partial charge < -0.3 is 46.5 Å². The van der Waals surface area contributed by atoms with Gasteiger partial charge in [0.15, 0.2) is 0 Å². The fraction of sp³-hybridized carbons (Fsp3) is 0.561. The van der Waals surface area contributed by atoms with Crippen molar-refractivity contribution < 1.29 is 43.3 Å². The van der Waals surface area contributed by atoms with Gasteiger partial charge >= 0.3 is 12.2 Å². The number of ether oxygens (including phenoxy) is 2. The maximum atomic E-state index is 13.9. The van der Waals surface area contributed by atoms with E-state index < -0.39 is 102 Å². The van der Waals surface area contributed by atoms with E-state index >= 15 is 0 Å². The van der Waals surface area contributed by atoms with Gasteiger partial charge in [-0.3, -0.25) is 19.2 Å². The molecular weight excluding hydrogens is 720 g/mol. The van der Waals surface area contributed by atoms with Gasteiger partial charge in [0.2, 0.25) is 23.6 Å². The zero-order valence-corrected chi connectivity index (χ0v) is 34.4. The number of hydrogen-bond acceptors (Lipinski definition) is 9. The van der Waals surface area contributed by atoms with Crippen LogP contribution in [-0.2, 0) is 41.5 Å². The Morgan fingerprint density at radius 2 is 0.875 bits per heavy atom. The van der Waals surface area contributed by atoms with Gasteiger partial charge in [0.05, 0.1) is 18.2 Å². The molecule has 310 valence electrons. The number of benzene rings is 2. The summed E-state index contributed by atoms with van der Waals surface area (Å²) in [5, 5.41) is 28.1. The van der Waals surface area contributed by atoms with E-state index in [4.69, 9.17) is 9.47 Å². The zero-order chi connectivity index (χ0) is 42.2. The van der Waals surface area contributed by atoms with E-state index in [-0.39, 0.29) is 12.8 Å². The maximum Gasteiger partial charge on any atom is 0.408 e. The number of hydrogen-bond donors (Lipinski definition) is 7. The van der Waals surface area contributed by atoms with Crippen molar-refractivity contribution in [3.05, 3.63) is 71.8 Å². The average Bonchev–Trinajstić information content (AvgIpc) is 3.09. The molecule has 0 radical (unpaired) electrons. The highest BCUT2D eigenvalue weighted by molar-refractivity contribution is 5.91. The fourth-order valence-electron chi connectivity index (χ4n) is 5.53. The van der Waals surface area contributed by atoms with E-state index in [1.54, 1.807) is 69.2 Å². The summed E-state index contributed by atoms with van der Waals surface area (Å²) in [6.07, 6.45) is -2.62. The Hall–Kier alpha value is -5.18. The molecule has 0 saturated heterocycles. The molecule has 0 aromatic heterocycles. The lowest BCUT2D eigenvalue weighted by Gasteiger charge is -2.34. The second kappa shape index (κ2) is 21.8. The third kappa shape index (κ3) is 18.0. The van der Waals surface area contributed by atoms with E-state index in [0.717, 1.165) is 11.1 Å². The maximum absolute atomic E-state index is 13.9. The number of alkyl carbamates (subject to hydrolysis) is 2. The van der Waals surface area contributed by atoms with Crippen molar-refractivity contribution in [3.8, 4) is 0 Å². The largest absolute Gasteiger partial charge is 0.444 e. The van der Waals surface area contributed by atoms with Gasteiger partial charge in [0.1, 0.15) is 36.4 Å². The van der Waals surface area contributed by atoms with Gasteiger partial charge in [-0.2, -0.15) is 0 Å². The highest BCUT2D eigenvalue weighted by Crippen LogP contribution is 2.16. The number of carbonyl (C=O) groups is 6. The summed E-state index contributed by atoms with van der Waals surface area (Å²) in [7, 11) is 0. The van der Waals surface area contributed by atoms with Crippen LogP contribution in [0.3, 0.4) is 0 Å². The lowest BCUT2D eigenvalue weighted by molar-refractivity contribution is -0.131. The Balaban J connectivity index is 2.36. The standard InChI is InChI=1S/C41H62N6O9/c1-25(2)33(46-31(48)23-42-38(53)55-40(5,6)7)36(51)44-29(21-27-17-13-11-14-18-27)35(50)30(22-28-19-15-12-16-20-28)45-37(52)34(26(3)4)47-32(49)24-43-39(54)56-41(8,9)10/h11-20,25-26,29-30,33-35,50H,21-24H2,1-10H3,(H,42,53)(H,43,54)(H,44,51)(H,45,52)(H,46,48)(H,47,49)/t29-,30-,33-,34-/m0/s1. The first-order valence-electron chi connectivity index (χ1n) is 18.9. The molecule has 0 aliphatic carbocycles. The van der Waals surface area contributed by atoms with Crippen molar-refractivity contribution in [2.45, 2.75) is 124 Å². The van der Waals surface area contributed by atoms with Crippen molar-refractivity contribution in [2.75, 3.05) is 13.1 Å². The van der Waals surface area contributed by atoms with Crippen LogP contribution < -0.4 is 31.9 Å². The molecule has 7 N–H and O–H groups in total. The van der Waals surface area contributed by atoms with E-state index in [2.05, 4.69) is 31.9 Å². The Kier molecular flexibility index (Phi) is 18.3. The summed E-state index contributed by atoms with van der Waals surface area (Å²) < 4.78 is 10.4. The molecule has 0 saturated carbocycles. The zero-order valence-electron chi connectivity index (χ0n) is 34.4. The van der Waals surface area contributed by atoms with Gasteiger partial charge in [-0.05, 0) is 77.3 Å². The van der Waals surface area contributed by atoms with Gasteiger partial charge in [-0.25, -0.2) is 9.59 Å². The summed E-state index contributed by atoms with van der Waals surface area (Å²) in [5.41, 5.74) is 0.0475. The second-order valence-electron chi connectivity index (χ2n) is 16.4. The number of amides is 6. The van der Waals surface area contributed by atoms with Crippen molar-refractivity contribution >= 4 is 35.8 Å². The Morgan fingerprint density at radius 3 is 1.16 bits per heavy atom. The van der Waals surface area contributed by atoms with Crippen LogP contribution in [0.4, 0.5) is 9.59 Å². The molecule has 56 heavy (non-hydrogen) atoms. The van der Waals surface area contributed by atoms with Crippen molar-refractivity contribution in [1.82, 2.24) is 31.9 Å². The monoisotopic (exact) mass is 782 g/mol. The fourth-order valence-corrected chi connectivity index (χ4v) is 5.53. The van der Waals surface area contributed by atoms with Crippen LogP contribution in [0.1, 0.15) is 80.4 Å². The highest BCUT2D eigenvalue weighted by atomic mass is 16.6. The minimum atomic E-state index is -1.38. The topological polar surface area (TPSA) is 213 Å². The van der Waals surface area contributed by atoms with E-state index in [1.165, 1.54) is 0 Å². The highest BCUT2D eigenvalue weighted by Gasteiger charge is 2.35. The first-order valence-corrected chi connectivity index (χ1v) is 18.9. The molecule has 4 atom stereocenters. The average molecular weight is 783 g/mol. The summed E-state index contributed by atoms with van der Waals surface area (Å²) >= 11 is 0. The smallest absolute Gasteiger partial charge is 0.408 e. The van der Waals surface area contributed by atoms with Crippen LogP contribution >= 0.6 is 0 Å². The lowest BCUT2D eigenvalue weighted by Crippen LogP contribution is -2.61. The Bertz CT molecular complexity index is 1470. The van der Waals surface area contributed by atoms with Crippen LogP contribution in [0.5, 0.6) is 0 Å². The molecular formula is C41H62N6O9. The first kappa shape index (κ1) is 47.0. The van der Waals surface area contributed by atoms with Crippen LogP contribution in [0.2, 0.25) is 0 Å². The number of aliphatic hydroxyl groups is 1. The Labute approximate surface area is 330 Å². The quantitative estimate of drug-likeness (QED) is 0.118. The van der Waals surface area contributed by atoms with Gasteiger partial charge in [-0.1, -0.05) is 88.4 Å². The molecule has 0 fully saturated rings. The molecule has 0 aliphatic rings. The number of carbonyl (C=O) groups excluding carboxylic acids is 6. The van der Waals surface area contributed by atoms with Gasteiger partial charge in [-0.15, -0.1) is 0 Å². The number of rotatable bonds is 18. The predicted molar refractivity (Wildman–Crippen MR) is 212 cm³/mol.